The number of ether oxygens (including phenoxy) is 1. The normalized spacial score (nSPS) is 18.8. The Bertz CT molecular complexity index is 1190. The van der Waals surface area contributed by atoms with Gasteiger partial charge in [0.05, 0.1) is 11.7 Å². The molecule has 5 heteroatoms. The van der Waals surface area contributed by atoms with E-state index in [1.54, 1.807) is 4.90 Å². The topological polar surface area (TPSA) is 58.6 Å². The number of nitrogens with zero attached hydrogens (tertiary/aromatic N) is 1. The van der Waals surface area contributed by atoms with Gasteiger partial charge >= 0.3 is 0 Å². The molecule has 0 aromatic heterocycles. The van der Waals surface area contributed by atoms with Crippen molar-refractivity contribution < 1.29 is 14.3 Å². The van der Waals surface area contributed by atoms with Crippen molar-refractivity contribution in [2.24, 2.45) is 0 Å². The average Bonchev–Trinajstić information content (AvgIpc) is 2.96. The van der Waals surface area contributed by atoms with Gasteiger partial charge in [0.1, 0.15) is 17.9 Å². The van der Waals surface area contributed by atoms with E-state index in [-0.39, 0.29) is 30.0 Å². The predicted octanol–water partition coefficient (Wildman–Crippen LogP) is 4.53. The third-order valence-corrected chi connectivity index (χ3v) is 5.91. The molecule has 1 atom stereocenters. The molecule has 30 heavy (non-hydrogen) atoms. The summed E-state index contributed by atoms with van der Waals surface area (Å²) in [6, 6.07) is 17.4. The van der Waals surface area contributed by atoms with Crippen LogP contribution in [0, 0.1) is 6.92 Å². The highest BCUT2D eigenvalue weighted by atomic mass is 16.5. The van der Waals surface area contributed by atoms with Gasteiger partial charge in [0, 0.05) is 22.9 Å². The summed E-state index contributed by atoms with van der Waals surface area (Å²) >= 11 is 0. The van der Waals surface area contributed by atoms with Crippen molar-refractivity contribution in [2.75, 3.05) is 11.4 Å². The van der Waals surface area contributed by atoms with Gasteiger partial charge in [-0.2, -0.15) is 0 Å². The van der Waals surface area contributed by atoms with Crippen molar-refractivity contribution in [3.63, 3.8) is 0 Å². The Morgan fingerprint density at radius 3 is 2.73 bits per heavy atom. The van der Waals surface area contributed by atoms with Crippen LogP contribution in [0.3, 0.4) is 0 Å². The molecule has 2 heterocycles. The summed E-state index contributed by atoms with van der Waals surface area (Å²) in [5, 5.41) is 5.08. The number of hydrogen-bond acceptors (Lipinski definition) is 3. The minimum Gasteiger partial charge on any atom is -0.487 e. The second-order valence-corrected chi connectivity index (χ2v) is 8.80. The Balaban J connectivity index is 1.41. The molecular weight excluding hydrogens is 376 g/mol. The third-order valence-electron chi connectivity index (χ3n) is 5.91. The van der Waals surface area contributed by atoms with E-state index in [0.29, 0.717) is 12.0 Å². The van der Waals surface area contributed by atoms with Gasteiger partial charge in [-0.25, -0.2) is 0 Å². The summed E-state index contributed by atoms with van der Waals surface area (Å²) in [6.45, 7) is 6.07. The first kappa shape index (κ1) is 18.7. The molecule has 152 valence electrons. The summed E-state index contributed by atoms with van der Waals surface area (Å²) in [6.07, 6.45) is 0.666. The molecule has 3 aromatic rings. The number of aryl methyl sites for hydroxylation is 1. The number of carbonyl (C=O) groups is 2. The molecule has 1 unspecified atom stereocenters. The molecular formula is C25H24N2O3. The number of rotatable bonds is 3. The number of amides is 2. The summed E-state index contributed by atoms with van der Waals surface area (Å²) in [7, 11) is 0. The van der Waals surface area contributed by atoms with Crippen LogP contribution in [0.5, 0.6) is 5.75 Å². The van der Waals surface area contributed by atoms with Gasteiger partial charge in [0.25, 0.3) is 5.91 Å². The number of carbonyl (C=O) groups excluding carboxylic acids is 2. The number of nitrogens with one attached hydrogen (secondary N) is 1. The summed E-state index contributed by atoms with van der Waals surface area (Å²) < 4.78 is 6.10. The minimum absolute atomic E-state index is 0.00837. The van der Waals surface area contributed by atoms with Gasteiger partial charge in [0.2, 0.25) is 5.91 Å². The lowest BCUT2D eigenvalue weighted by Gasteiger charge is -2.38. The Hall–Kier alpha value is -3.34. The Morgan fingerprint density at radius 2 is 1.93 bits per heavy atom. The van der Waals surface area contributed by atoms with Crippen LogP contribution < -0.4 is 15.0 Å². The first-order valence-electron chi connectivity index (χ1n) is 10.2. The van der Waals surface area contributed by atoms with Gasteiger partial charge < -0.3 is 10.1 Å². The largest absolute Gasteiger partial charge is 0.487 e. The van der Waals surface area contributed by atoms with Crippen molar-refractivity contribution >= 4 is 28.3 Å². The smallest absolute Gasteiger partial charge is 0.259 e. The van der Waals surface area contributed by atoms with Crippen molar-refractivity contribution in [2.45, 2.75) is 38.8 Å². The number of hydrogen-bond donors (Lipinski definition) is 1. The molecule has 2 amide bonds. The van der Waals surface area contributed by atoms with E-state index in [2.05, 4.69) is 11.4 Å². The van der Waals surface area contributed by atoms with Gasteiger partial charge in [-0.3, -0.25) is 14.5 Å². The van der Waals surface area contributed by atoms with Gasteiger partial charge in [-0.15, -0.1) is 0 Å². The SMILES string of the molecule is Cc1ccc2c(c1)C(NC(=O)CN1C(=O)c3cccc4cccc1c34)CC(C)(C)O2. The maximum atomic E-state index is 13.0. The van der Waals surface area contributed by atoms with Gasteiger partial charge in [-0.1, -0.05) is 42.0 Å². The number of anilines is 1. The maximum absolute atomic E-state index is 13.0. The molecule has 0 spiro atoms. The highest BCUT2D eigenvalue weighted by Crippen LogP contribution is 2.40. The van der Waals surface area contributed by atoms with Crippen LogP contribution in [0.25, 0.3) is 10.8 Å². The quantitative estimate of drug-likeness (QED) is 0.703. The summed E-state index contributed by atoms with van der Waals surface area (Å²) in [4.78, 5) is 27.6. The molecule has 0 saturated heterocycles. The van der Waals surface area contributed by atoms with E-state index in [1.165, 1.54) is 0 Å². The molecule has 3 aromatic carbocycles. The van der Waals surface area contributed by atoms with Crippen molar-refractivity contribution in [3.05, 3.63) is 71.3 Å². The van der Waals surface area contributed by atoms with Crippen LogP contribution in [0.2, 0.25) is 0 Å². The van der Waals surface area contributed by atoms with Crippen molar-refractivity contribution in [1.29, 1.82) is 0 Å². The highest BCUT2D eigenvalue weighted by molar-refractivity contribution is 6.26. The lowest BCUT2D eigenvalue weighted by molar-refractivity contribution is -0.121. The molecule has 2 aliphatic heterocycles. The van der Waals surface area contributed by atoms with Crippen LogP contribution >= 0.6 is 0 Å². The van der Waals surface area contributed by atoms with E-state index < -0.39 is 0 Å². The molecule has 0 aliphatic carbocycles. The van der Waals surface area contributed by atoms with Crippen molar-refractivity contribution in [1.82, 2.24) is 5.32 Å². The molecule has 1 N–H and O–H groups in total. The lowest BCUT2D eigenvalue weighted by Crippen LogP contribution is -2.45. The van der Waals surface area contributed by atoms with Crippen LogP contribution in [-0.4, -0.2) is 24.0 Å². The fraction of sp³-hybridized carbons (Fsp3) is 0.280. The summed E-state index contributed by atoms with van der Waals surface area (Å²) in [5.41, 5.74) is 3.18. The van der Waals surface area contributed by atoms with Crippen LogP contribution in [-0.2, 0) is 4.79 Å². The zero-order valence-electron chi connectivity index (χ0n) is 17.4. The molecule has 2 aliphatic rings. The fourth-order valence-corrected chi connectivity index (χ4v) is 4.62. The van der Waals surface area contributed by atoms with Crippen LogP contribution in [0.1, 0.15) is 47.8 Å². The van der Waals surface area contributed by atoms with E-state index in [1.807, 2.05) is 69.3 Å². The van der Waals surface area contributed by atoms with Gasteiger partial charge in [0.15, 0.2) is 0 Å². The number of benzene rings is 3. The second-order valence-electron chi connectivity index (χ2n) is 8.80. The monoisotopic (exact) mass is 400 g/mol. The van der Waals surface area contributed by atoms with E-state index >= 15 is 0 Å². The Labute approximate surface area is 175 Å². The summed E-state index contributed by atoms with van der Waals surface area (Å²) in [5.74, 6) is 0.500. The molecule has 0 saturated carbocycles. The fourth-order valence-electron chi connectivity index (χ4n) is 4.62. The van der Waals surface area contributed by atoms with Crippen molar-refractivity contribution in [3.8, 4) is 5.75 Å². The molecule has 5 nitrogen and oxygen atoms in total. The molecule has 5 rings (SSSR count). The zero-order valence-corrected chi connectivity index (χ0v) is 17.4. The zero-order chi connectivity index (χ0) is 21.0. The van der Waals surface area contributed by atoms with E-state index in [4.69, 9.17) is 4.74 Å². The first-order chi connectivity index (χ1) is 14.3. The predicted molar refractivity (Wildman–Crippen MR) is 117 cm³/mol. The van der Waals surface area contributed by atoms with Gasteiger partial charge in [-0.05, 0) is 44.4 Å². The molecule has 0 bridgehead atoms. The van der Waals surface area contributed by atoms with E-state index in [9.17, 15) is 9.59 Å². The molecule has 0 fully saturated rings. The Kier molecular flexibility index (Phi) is 4.10. The van der Waals surface area contributed by atoms with Crippen LogP contribution in [0.15, 0.2) is 54.6 Å². The second kappa shape index (κ2) is 6.59. The average molecular weight is 400 g/mol. The lowest BCUT2D eigenvalue weighted by atomic mass is 9.89. The third kappa shape index (κ3) is 3.02. The maximum Gasteiger partial charge on any atom is 0.259 e. The minimum atomic E-state index is -0.383. The van der Waals surface area contributed by atoms with Crippen LogP contribution in [0.4, 0.5) is 5.69 Å². The first-order valence-corrected chi connectivity index (χ1v) is 10.2. The standard InChI is InChI=1S/C25H24N2O3/c1-15-10-11-21-18(12-15)19(13-25(2,3)30-21)26-22(28)14-27-20-9-5-7-16-6-4-8-17(23(16)20)24(27)29/h4-12,19H,13-14H2,1-3H3,(H,26,28). The Morgan fingerprint density at radius 1 is 1.17 bits per heavy atom. The van der Waals surface area contributed by atoms with E-state index in [0.717, 1.165) is 33.3 Å². The number of fused-ring (bicyclic) bond motifs is 1. The highest BCUT2D eigenvalue weighted by Gasteiger charge is 2.36. The molecule has 0 radical (unpaired) electrons.